The Morgan fingerprint density at radius 1 is 1.12 bits per heavy atom. The zero-order chi connectivity index (χ0) is 16.4. The molecule has 1 aromatic carbocycles. The van der Waals surface area contributed by atoms with Crippen molar-refractivity contribution < 1.29 is 4.79 Å². The van der Waals surface area contributed by atoms with E-state index in [0.717, 1.165) is 49.5 Å². The molecule has 1 unspecified atom stereocenters. The number of carbonyl (C=O) groups excluding carboxylic acids is 1. The molecule has 0 spiro atoms. The molecule has 0 bridgehead atoms. The highest BCUT2D eigenvalue weighted by atomic mass is 32.2. The van der Waals surface area contributed by atoms with E-state index < -0.39 is 0 Å². The van der Waals surface area contributed by atoms with Gasteiger partial charge >= 0.3 is 0 Å². The average Bonchev–Trinajstić information content (AvgIpc) is 3.39. The Morgan fingerprint density at radius 2 is 1.88 bits per heavy atom. The molecular formula is C17H21N5OS. The number of rotatable bonds is 5. The van der Waals surface area contributed by atoms with Gasteiger partial charge in [0.05, 0.1) is 6.04 Å². The number of aromatic nitrogens is 4. The molecule has 2 fully saturated rings. The smallest absolute Gasteiger partial charge is 0.240 e. The predicted octanol–water partition coefficient (Wildman–Crippen LogP) is 2.85. The number of likely N-dealkylation sites (tertiary alicyclic amines) is 1. The minimum absolute atomic E-state index is 0.177. The Balaban J connectivity index is 1.60. The van der Waals surface area contributed by atoms with Crippen molar-refractivity contribution in [3.8, 4) is 0 Å². The van der Waals surface area contributed by atoms with Gasteiger partial charge in [-0.2, -0.15) is 0 Å². The highest BCUT2D eigenvalue weighted by Gasteiger charge is 2.33. The summed E-state index contributed by atoms with van der Waals surface area (Å²) in [7, 11) is 0. The van der Waals surface area contributed by atoms with Crippen molar-refractivity contribution in [1.82, 2.24) is 25.1 Å². The Bertz CT molecular complexity index is 694. The summed E-state index contributed by atoms with van der Waals surface area (Å²) in [6, 6.07) is 10.4. The van der Waals surface area contributed by atoms with Crippen molar-refractivity contribution in [3.05, 3.63) is 35.9 Å². The van der Waals surface area contributed by atoms with Crippen LogP contribution in [0.3, 0.4) is 0 Å². The van der Waals surface area contributed by atoms with E-state index in [2.05, 4.69) is 15.5 Å². The van der Waals surface area contributed by atoms with Crippen LogP contribution in [0.2, 0.25) is 0 Å². The second kappa shape index (κ2) is 6.93. The molecule has 1 aliphatic heterocycles. The molecule has 2 aromatic rings. The molecule has 1 saturated heterocycles. The third kappa shape index (κ3) is 3.31. The Labute approximate surface area is 145 Å². The molecule has 1 saturated carbocycles. The molecule has 1 aromatic heterocycles. The molecule has 1 atom stereocenters. The molecule has 0 N–H and O–H groups in total. The summed E-state index contributed by atoms with van der Waals surface area (Å²) >= 11 is 1.48. The van der Waals surface area contributed by atoms with E-state index in [0.29, 0.717) is 6.04 Å². The van der Waals surface area contributed by atoms with Crippen LogP contribution >= 0.6 is 11.8 Å². The zero-order valence-corrected chi connectivity index (χ0v) is 14.4. The SMILES string of the molecule is O=C(C(Sc1nnnn1C1CC1)c1ccccc1)N1CCCCC1. The predicted molar refractivity (Wildman–Crippen MR) is 91.6 cm³/mol. The van der Waals surface area contributed by atoms with E-state index in [1.807, 2.05) is 39.9 Å². The van der Waals surface area contributed by atoms with Crippen LogP contribution in [0.5, 0.6) is 0 Å². The molecule has 2 aliphatic rings. The maximum absolute atomic E-state index is 13.1. The minimum Gasteiger partial charge on any atom is -0.341 e. The van der Waals surface area contributed by atoms with Crippen molar-refractivity contribution in [2.24, 2.45) is 0 Å². The molecule has 1 amide bonds. The van der Waals surface area contributed by atoms with E-state index in [9.17, 15) is 4.79 Å². The van der Waals surface area contributed by atoms with Gasteiger partial charge in [-0.25, -0.2) is 4.68 Å². The Morgan fingerprint density at radius 3 is 2.58 bits per heavy atom. The lowest BCUT2D eigenvalue weighted by atomic mass is 10.1. The van der Waals surface area contributed by atoms with Gasteiger partial charge in [-0.15, -0.1) is 5.10 Å². The van der Waals surface area contributed by atoms with Gasteiger partial charge in [-0.3, -0.25) is 4.79 Å². The summed E-state index contributed by atoms with van der Waals surface area (Å²) in [6.07, 6.45) is 5.64. The van der Waals surface area contributed by atoms with Crippen LogP contribution < -0.4 is 0 Å². The van der Waals surface area contributed by atoms with Crippen LogP contribution in [0.1, 0.15) is 49.0 Å². The molecular weight excluding hydrogens is 322 g/mol. The minimum atomic E-state index is -0.284. The third-order valence-electron chi connectivity index (χ3n) is 4.57. The molecule has 4 rings (SSSR count). The number of hydrogen-bond donors (Lipinski definition) is 0. The standard InChI is InChI=1S/C17H21N5OS/c23-16(21-11-5-2-6-12-21)15(13-7-3-1-4-8-13)24-17-18-19-20-22(17)14-9-10-14/h1,3-4,7-8,14-15H,2,5-6,9-12H2. The summed E-state index contributed by atoms with van der Waals surface area (Å²) in [6.45, 7) is 1.71. The van der Waals surface area contributed by atoms with Gasteiger partial charge < -0.3 is 4.90 Å². The van der Waals surface area contributed by atoms with Crippen LogP contribution in [0.4, 0.5) is 0 Å². The molecule has 1 aliphatic carbocycles. The molecule has 0 radical (unpaired) electrons. The van der Waals surface area contributed by atoms with Gasteiger partial charge in [0.25, 0.3) is 0 Å². The van der Waals surface area contributed by atoms with E-state index in [-0.39, 0.29) is 11.2 Å². The lowest BCUT2D eigenvalue weighted by molar-refractivity contribution is -0.131. The molecule has 6 nitrogen and oxygen atoms in total. The molecule has 2 heterocycles. The molecule has 24 heavy (non-hydrogen) atoms. The van der Waals surface area contributed by atoms with Crippen molar-refractivity contribution in [1.29, 1.82) is 0 Å². The van der Waals surface area contributed by atoms with Gasteiger partial charge in [0.15, 0.2) is 0 Å². The highest BCUT2D eigenvalue weighted by molar-refractivity contribution is 8.00. The summed E-state index contributed by atoms with van der Waals surface area (Å²) < 4.78 is 1.88. The van der Waals surface area contributed by atoms with Crippen LogP contribution in [-0.4, -0.2) is 44.1 Å². The second-order valence-corrected chi connectivity index (χ2v) is 7.50. The number of piperidine rings is 1. The van der Waals surface area contributed by atoms with Crippen LogP contribution in [0, 0.1) is 0 Å². The Hall–Kier alpha value is -1.89. The fourth-order valence-corrected chi connectivity index (χ4v) is 4.22. The number of benzene rings is 1. The first-order valence-electron chi connectivity index (χ1n) is 8.61. The van der Waals surface area contributed by atoms with Gasteiger partial charge in [-0.05, 0) is 48.1 Å². The number of carbonyl (C=O) groups is 1. The van der Waals surface area contributed by atoms with Crippen molar-refractivity contribution in [3.63, 3.8) is 0 Å². The van der Waals surface area contributed by atoms with Crippen LogP contribution in [0.25, 0.3) is 0 Å². The summed E-state index contributed by atoms with van der Waals surface area (Å²) in [5.74, 6) is 0.177. The monoisotopic (exact) mass is 343 g/mol. The first kappa shape index (κ1) is 15.6. The van der Waals surface area contributed by atoms with Gasteiger partial charge in [0.1, 0.15) is 5.25 Å². The zero-order valence-electron chi connectivity index (χ0n) is 13.5. The topological polar surface area (TPSA) is 63.9 Å². The van der Waals surface area contributed by atoms with Crippen molar-refractivity contribution >= 4 is 17.7 Å². The largest absolute Gasteiger partial charge is 0.341 e. The van der Waals surface area contributed by atoms with Crippen LogP contribution in [-0.2, 0) is 4.79 Å². The van der Waals surface area contributed by atoms with E-state index in [1.165, 1.54) is 18.2 Å². The number of thioether (sulfide) groups is 1. The number of hydrogen-bond acceptors (Lipinski definition) is 5. The maximum Gasteiger partial charge on any atom is 0.240 e. The Kier molecular flexibility index (Phi) is 4.51. The molecule has 126 valence electrons. The molecule has 7 heteroatoms. The normalized spacial score (nSPS) is 19.2. The van der Waals surface area contributed by atoms with Crippen LogP contribution in [0.15, 0.2) is 35.5 Å². The quantitative estimate of drug-likeness (QED) is 0.781. The second-order valence-electron chi connectivity index (χ2n) is 6.43. The highest BCUT2D eigenvalue weighted by Crippen LogP contribution is 2.41. The van der Waals surface area contributed by atoms with E-state index in [1.54, 1.807) is 0 Å². The lowest BCUT2D eigenvalue weighted by Gasteiger charge is -2.30. The van der Waals surface area contributed by atoms with E-state index in [4.69, 9.17) is 0 Å². The maximum atomic E-state index is 13.1. The lowest BCUT2D eigenvalue weighted by Crippen LogP contribution is -2.38. The van der Waals surface area contributed by atoms with Gasteiger partial charge in [-0.1, -0.05) is 42.1 Å². The van der Waals surface area contributed by atoms with Gasteiger partial charge in [0, 0.05) is 13.1 Å². The number of amides is 1. The number of nitrogens with zero attached hydrogens (tertiary/aromatic N) is 5. The van der Waals surface area contributed by atoms with Crippen molar-refractivity contribution in [2.45, 2.75) is 48.6 Å². The number of tetrazole rings is 1. The summed E-state index contributed by atoms with van der Waals surface area (Å²) in [5.41, 5.74) is 1.02. The van der Waals surface area contributed by atoms with E-state index >= 15 is 0 Å². The fraction of sp³-hybridized carbons (Fsp3) is 0.529. The summed E-state index contributed by atoms with van der Waals surface area (Å²) in [5, 5.41) is 12.6. The average molecular weight is 343 g/mol. The van der Waals surface area contributed by atoms with Crippen molar-refractivity contribution in [2.75, 3.05) is 13.1 Å². The summed E-state index contributed by atoms with van der Waals surface area (Å²) in [4.78, 5) is 15.1. The van der Waals surface area contributed by atoms with Gasteiger partial charge in [0.2, 0.25) is 11.1 Å². The first-order valence-corrected chi connectivity index (χ1v) is 9.49. The third-order valence-corrected chi connectivity index (χ3v) is 5.76. The first-order chi connectivity index (χ1) is 11.8. The fourth-order valence-electron chi connectivity index (χ4n) is 3.09.